The molecule has 1 aliphatic rings. The van der Waals surface area contributed by atoms with Crippen LogP contribution in [-0.4, -0.2) is 35.6 Å². The van der Waals surface area contributed by atoms with E-state index in [-0.39, 0.29) is 37.6 Å². The Morgan fingerprint density at radius 3 is 2.47 bits per heavy atom. The Morgan fingerprint density at radius 2 is 1.75 bits per heavy atom. The molecule has 0 radical (unpaired) electrons. The van der Waals surface area contributed by atoms with E-state index in [1.165, 1.54) is 0 Å². The minimum absolute atomic E-state index is 0.0283. The Kier molecular flexibility index (Phi) is 8.26. The van der Waals surface area contributed by atoms with Crippen LogP contribution in [0.2, 0.25) is 10.0 Å². The Labute approximate surface area is 198 Å². The van der Waals surface area contributed by atoms with Crippen LogP contribution >= 0.6 is 23.2 Å². The summed E-state index contributed by atoms with van der Waals surface area (Å²) in [5.74, 6) is 1.08. The lowest BCUT2D eigenvalue weighted by atomic mass is 10.1. The van der Waals surface area contributed by atoms with Crippen molar-refractivity contribution in [2.45, 2.75) is 58.7 Å². The van der Waals surface area contributed by atoms with Gasteiger partial charge in [0.15, 0.2) is 11.5 Å². The first-order valence-corrected chi connectivity index (χ1v) is 11.5. The lowest BCUT2D eigenvalue weighted by Crippen LogP contribution is -2.49. The summed E-state index contributed by atoms with van der Waals surface area (Å²) >= 11 is 12.2. The van der Waals surface area contributed by atoms with Gasteiger partial charge in [-0.1, -0.05) is 42.3 Å². The van der Waals surface area contributed by atoms with Crippen LogP contribution in [0.1, 0.15) is 44.7 Å². The van der Waals surface area contributed by atoms with Crippen LogP contribution in [0.4, 0.5) is 0 Å². The second-order valence-corrected chi connectivity index (χ2v) is 8.77. The number of fused-ring (bicyclic) bond motifs is 1. The fourth-order valence-electron chi connectivity index (χ4n) is 3.37. The highest BCUT2D eigenvalue weighted by atomic mass is 35.5. The van der Waals surface area contributed by atoms with E-state index in [0.29, 0.717) is 28.0 Å². The molecular formula is C24H28Cl2N2O4. The van der Waals surface area contributed by atoms with Crippen molar-refractivity contribution < 1.29 is 19.1 Å². The van der Waals surface area contributed by atoms with Crippen molar-refractivity contribution in [2.24, 2.45) is 0 Å². The molecule has 0 aromatic heterocycles. The predicted molar refractivity (Wildman–Crippen MR) is 125 cm³/mol. The topological polar surface area (TPSA) is 67.9 Å². The molecule has 2 aromatic carbocycles. The normalized spacial score (nSPS) is 14.0. The summed E-state index contributed by atoms with van der Waals surface area (Å²) in [4.78, 5) is 27.6. The molecule has 2 atom stereocenters. The lowest BCUT2D eigenvalue weighted by molar-refractivity contribution is -0.140. The van der Waals surface area contributed by atoms with Gasteiger partial charge in [-0.15, -0.1) is 0 Å². The summed E-state index contributed by atoms with van der Waals surface area (Å²) in [6.07, 6.45) is 1.58. The average molecular weight is 479 g/mol. The number of rotatable bonds is 9. The molecule has 1 N–H and O–H groups in total. The maximum Gasteiger partial charge on any atom is 0.242 e. The maximum atomic E-state index is 13.2. The van der Waals surface area contributed by atoms with Gasteiger partial charge in [0, 0.05) is 19.0 Å². The maximum absolute atomic E-state index is 13.2. The van der Waals surface area contributed by atoms with Crippen molar-refractivity contribution in [2.75, 3.05) is 6.79 Å². The zero-order chi connectivity index (χ0) is 23.3. The summed E-state index contributed by atoms with van der Waals surface area (Å²) in [6, 6.07) is 10.3. The van der Waals surface area contributed by atoms with Gasteiger partial charge in [0.1, 0.15) is 6.04 Å². The predicted octanol–water partition coefficient (Wildman–Crippen LogP) is 4.99. The van der Waals surface area contributed by atoms with E-state index in [1.54, 1.807) is 24.0 Å². The van der Waals surface area contributed by atoms with Crippen molar-refractivity contribution in [1.82, 2.24) is 10.2 Å². The average Bonchev–Trinajstić information content (AvgIpc) is 3.25. The van der Waals surface area contributed by atoms with Gasteiger partial charge in [-0.2, -0.15) is 0 Å². The van der Waals surface area contributed by atoms with Gasteiger partial charge in [-0.25, -0.2) is 0 Å². The largest absolute Gasteiger partial charge is 0.454 e. The molecule has 0 bridgehead atoms. The highest BCUT2D eigenvalue weighted by Gasteiger charge is 2.27. The standard InChI is InChI=1S/C24H28Cl2N2O4/c1-4-15(2)27-24(30)16(3)28(13-18-5-8-19(25)20(26)11-18)23(29)10-7-17-6-9-21-22(12-17)32-14-31-21/h5-6,8-9,11-12,15-16H,4,7,10,13-14H2,1-3H3,(H,27,30). The van der Waals surface area contributed by atoms with Crippen LogP contribution in [0.5, 0.6) is 11.5 Å². The zero-order valence-corrected chi connectivity index (χ0v) is 20.0. The van der Waals surface area contributed by atoms with E-state index < -0.39 is 6.04 Å². The number of nitrogens with zero attached hydrogens (tertiary/aromatic N) is 1. The second kappa shape index (κ2) is 10.9. The van der Waals surface area contributed by atoms with Crippen LogP contribution in [0.25, 0.3) is 0 Å². The third kappa shape index (κ3) is 6.08. The van der Waals surface area contributed by atoms with Crippen molar-refractivity contribution in [3.63, 3.8) is 0 Å². The first-order valence-electron chi connectivity index (χ1n) is 10.7. The molecule has 1 heterocycles. The highest BCUT2D eigenvalue weighted by molar-refractivity contribution is 6.42. The molecule has 6 nitrogen and oxygen atoms in total. The molecule has 0 fully saturated rings. The minimum Gasteiger partial charge on any atom is -0.454 e. The fraction of sp³-hybridized carbons (Fsp3) is 0.417. The van der Waals surface area contributed by atoms with Crippen LogP contribution in [0.15, 0.2) is 36.4 Å². The van der Waals surface area contributed by atoms with Gasteiger partial charge in [0.2, 0.25) is 18.6 Å². The number of nitrogens with one attached hydrogen (secondary N) is 1. The number of benzene rings is 2. The smallest absolute Gasteiger partial charge is 0.242 e. The summed E-state index contributed by atoms with van der Waals surface area (Å²) in [7, 11) is 0. The van der Waals surface area contributed by atoms with Gasteiger partial charge in [-0.05, 0) is 62.1 Å². The second-order valence-electron chi connectivity index (χ2n) is 7.95. The Hall–Kier alpha value is -2.44. The SMILES string of the molecule is CCC(C)NC(=O)C(C)N(Cc1ccc(Cl)c(Cl)c1)C(=O)CCc1ccc2c(c1)OCO2. The van der Waals surface area contributed by atoms with Crippen molar-refractivity contribution in [3.8, 4) is 11.5 Å². The van der Waals surface area contributed by atoms with Gasteiger partial charge in [0.05, 0.1) is 10.0 Å². The summed E-state index contributed by atoms with van der Waals surface area (Å²) in [5, 5.41) is 3.82. The number of amides is 2. The molecule has 0 saturated heterocycles. The number of carbonyl (C=O) groups excluding carboxylic acids is 2. The number of hydrogen-bond acceptors (Lipinski definition) is 4. The highest BCUT2D eigenvalue weighted by Crippen LogP contribution is 2.33. The third-order valence-corrected chi connectivity index (χ3v) is 6.31. The van der Waals surface area contributed by atoms with E-state index in [4.69, 9.17) is 32.7 Å². The van der Waals surface area contributed by atoms with Gasteiger partial charge in [-0.3, -0.25) is 9.59 Å². The van der Waals surface area contributed by atoms with E-state index >= 15 is 0 Å². The Balaban J connectivity index is 1.74. The third-order valence-electron chi connectivity index (χ3n) is 5.57. The summed E-state index contributed by atoms with van der Waals surface area (Å²) in [5.41, 5.74) is 1.77. The minimum atomic E-state index is -0.636. The van der Waals surface area contributed by atoms with Crippen LogP contribution in [0.3, 0.4) is 0 Å². The van der Waals surface area contributed by atoms with Crippen molar-refractivity contribution in [3.05, 3.63) is 57.6 Å². The molecule has 1 aliphatic heterocycles. The van der Waals surface area contributed by atoms with Crippen molar-refractivity contribution in [1.29, 1.82) is 0 Å². The molecule has 0 spiro atoms. The molecular weight excluding hydrogens is 451 g/mol. The fourth-order valence-corrected chi connectivity index (χ4v) is 3.69. The zero-order valence-electron chi connectivity index (χ0n) is 18.5. The number of aryl methyl sites for hydroxylation is 1. The molecule has 172 valence electrons. The monoisotopic (exact) mass is 478 g/mol. The lowest BCUT2D eigenvalue weighted by Gasteiger charge is -2.30. The van der Waals surface area contributed by atoms with Crippen LogP contribution in [0, 0.1) is 0 Å². The van der Waals surface area contributed by atoms with Crippen LogP contribution in [-0.2, 0) is 22.6 Å². The molecule has 2 aromatic rings. The number of ether oxygens (including phenoxy) is 2. The Morgan fingerprint density at radius 1 is 1.03 bits per heavy atom. The van der Waals surface area contributed by atoms with E-state index in [1.807, 2.05) is 38.1 Å². The molecule has 0 aliphatic carbocycles. The molecule has 3 rings (SSSR count). The molecule has 32 heavy (non-hydrogen) atoms. The first-order chi connectivity index (χ1) is 15.3. The molecule has 0 saturated carbocycles. The molecule has 2 unspecified atom stereocenters. The van der Waals surface area contributed by atoms with Crippen LogP contribution < -0.4 is 14.8 Å². The number of carbonyl (C=O) groups is 2. The Bertz CT molecular complexity index is 982. The molecule has 8 heteroatoms. The molecule has 2 amide bonds. The van der Waals surface area contributed by atoms with E-state index in [9.17, 15) is 9.59 Å². The number of hydrogen-bond donors (Lipinski definition) is 1. The van der Waals surface area contributed by atoms with E-state index in [0.717, 1.165) is 17.5 Å². The summed E-state index contributed by atoms with van der Waals surface area (Å²) < 4.78 is 10.8. The first kappa shape index (κ1) is 24.2. The van der Waals surface area contributed by atoms with Crippen molar-refractivity contribution >= 4 is 35.0 Å². The van der Waals surface area contributed by atoms with E-state index in [2.05, 4.69) is 5.32 Å². The summed E-state index contributed by atoms with van der Waals surface area (Å²) in [6.45, 7) is 6.15. The van der Waals surface area contributed by atoms with Gasteiger partial charge in [0.25, 0.3) is 0 Å². The quantitative estimate of drug-likeness (QED) is 0.551. The van der Waals surface area contributed by atoms with Gasteiger partial charge < -0.3 is 19.7 Å². The van der Waals surface area contributed by atoms with Gasteiger partial charge >= 0.3 is 0 Å². The number of halogens is 2.